The maximum atomic E-state index is 13.6. The molecule has 2 aliphatic rings. The Hall–Kier alpha value is -3.72. The fourth-order valence-electron chi connectivity index (χ4n) is 4.47. The van der Waals surface area contributed by atoms with E-state index in [4.69, 9.17) is 4.74 Å². The molecule has 1 aliphatic carbocycles. The van der Waals surface area contributed by atoms with Crippen LogP contribution in [0.3, 0.4) is 0 Å². The number of allylic oxidation sites excluding steroid dienone is 2. The van der Waals surface area contributed by atoms with Crippen molar-refractivity contribution >= 4 is 22.9 Å². The Bertz CT molecular complexity index is 1200. The summed E-state index contributed by atoms with van der Waals surface area (Å²) >= 11 is 0. The van der Waals surface area contributed by atoms with E-state index in [0.717, 1.165) is 22.3 Å². The first kappa shape index (κ1) is 17.4. The standard InChI is InChI=1S/C26H18O3/c1-17-16-22(27)26(25(28)29-17)21-15-9-8-14-20(21)23(18-10-4-2-5-11-18)24(26)19-12-6-3-7-13-19/h2-16H,1H3/t26-/m0/s1. The van der Waals surface area contributed by atoms with Crippen LogP contribution in [0, 0.1) is 0 Å². The average molecular weight is 378 g/mol. The molecule has 0 unspecified atom stereocenters. The highest BCUT2D eigenvalue weighted by Gasteiger charge is 2.58. The van der Waals surface area contributed by atoms with Crippen LogP contribution >= 0.6 is 0 Å². The zero-order valence-electron chi connectivity index (χ0n) is 15.9. The molecule has 0 aromatic heterocycles. The quantitative estimate of drug-likeness (QED) is 0.469. The first-order valence-electron chi connectivity index (χ1n) is 9.54. The van der Waals surface area contributed by atoms with Gasteiger partial charge in [0.25, 0.3) is 0 Å². The molecule has 1 spiro atoms. The zero-order valence-corrected chi connectivity index (χ0v) is 15.9. The average Bonchev–Trinajstić information content (AvgIpc) is 3.06. The second-order valence-electron chi connectivity index (χ2n) is 7.29. The molecule has 0 saturated heterocycles. The van der Waals surface area contributed by atoms with Gasteiger partial charge in [0.2, 0.25) is 0 Å². The predicted octanol–water partition coefficient (Wildman–Crippen LogP) is 4.93. The highest BCUT2D eigenvalue weighted by atomic mass is 16.5. The summed E-state index contributed by atoms with van der Waals surface area (Å²) in [6.45, 7) is 1.63. The Morgan fingerprint density at radius 2 is 1.31 bits per heavy atom. The number of benzene rings is 3. The van der Waals surface area contributed by atoms with E-state index in [-0.39, 0.29) is 5.78 Å². The molecule has 0 saturated carbocycles. The number of hydrogen-bond donors (Lipinski definition) is 0. The monoisotopic (exact) mass is 378 g/mol. The minimum Gasteiger partial charge on any atom is -0.430 e. The summed E-state index contributed by atoms with van der Waals surface area (Å²) in [5, 5.41) is 0. The van der Waals surface area contributed by atoms with Crippen molar-refractivity contribution < 1.29 is 14.3 Å². The molecule has 29 heavy (non-hydrogen) atoms. The van der Waals surface area contributed by atoms with Crippen LogP contribution in [0.2, 0.25) is 0 Å². The van der Waals surface area contributed by atoms with Crippen LogP contribution in [0.5, 0.6) is 0 Å². The minimum absolute atomic E-state index is 0.261. The van der Waals surface area contributed by atoms with E-state index < -0.39 is 11.4 Å². The number of carbonyl (C=O) groups is 2. The summed E-state index contributed by atoms with van der Waals surface area (Å²) in [7, 11) is 0. The fraction of sp³-hybridized carbons (Fsp3) is 0.0769. The largest absolute Gasteiger partial charge is 0.430 e. The highest BCUT2D eigenvalue weighted by molar-refractivity contribution is 6.32. The van der Waals surface area contributed by atoms with Gasteiger partial charge in [-0.3, -0.25) is 4.79 Å². The van der Waals surface area contributed by atoms with Crippen LogP contribution in [0.15, 0.2) is 96.8 Å². The molecule has 0 bridgehead atoms. The van der Waals surface area contributed by atoms with Gasteiger partial charge in [-0.2, -0.15) is 0 Å². The molecule has 3 nitrogen and oxygen atoms in total. The first-order valence-corrected chi connectivity index (χ1v) is 9.54. The third-order valence-corrected chi connectivity index (χ3v) is 5.61. The van der Waals surface area contributed by atoms with Crippen molar-refractivity contribution in [3.63, 3.8) is 0 Å². The lowest BCUT2D eigenvalue weighted by atomic mass is 9.70. The van der Waals surface area contributed by atoms with Crippen LogP contribution in [0.4, 0.5) is 0 Å². The van der Waals surface area contributed by atoms with Crippen molar-refractivity contribution in [2.45, 2.75) is 12.3 Å². The van der Waals surface area contributed by atoms with Crippen LogP contribution in [0.1, 0.15) is 29.2 Å². The number of ketones is 1. The van der Waals surface area contributed by atoms with Gasteiger partial charge in [-0.1, -0.05) is 84.9 Å². The lowest BCUT2D eigenvalue weighted by Gasteiger charge is -2.32. The Morgan fingerprint density at radius 3 is 1.97 bits per heavy atom. The van der Waals surface area contributed by atoms with Gasteiger partial charge in [-0.05, 0) is 40.3 Å². The van der Waals surface area contributed by atoms with Crippen LogP contribution in [0.25, 0.3) is 11.1 Å². The Morgan fingerprint density at radius 1 is 0.724 bits per heavy atom. The van der Waals surface area contributed by atoms with Crippen LogP contribution in [-0.2, 0) is 19.7 Å². The third-order valence-electron chi connectivity index (χ3n) is 5.61. The zero-order chi connectivity index (χ0) is 20.0. The van der Waals surface area contributed by atoms with Gasteiger partial charge < -0.3 is 4.74 Å². The fourth-order valence-corrected chi connectivity index (χ4v) is 4.47. The minimum atomic E-state index is -1.50. The molecular weight excluding hydrogens is 360 g/mol. The second kappa shape index (κ2) is 6.42. The maximum absolute atomic E-state index is 13.6. The van der Waals surface area contributed by atoms with Crippen molar-refractivity contribution in [3.05, 3.63) is 119 Å². The molecule has 0 amide bonds. The first-order chi connectivity index (χ1) is 14.1. The number of ether oxygens (including phenoxy) is 1. The number of cyclic esters (lactones) is 1. The van der Waals surface area contributed by atoms with Gasteiger partial charge >= 0.3 is 5.97 Å². The Labute approximate surface area is 169 Å². The van der Waals surface area contributed by atoms with Gasteiger partial charge in [0.15, 0.2) is 11.2 Å². The molecule has 0 radical (unpaired) electrons. The molecule has 3 aromatic rings. The normalized spacial score (nSPS) is 20.5. The smallest absolute Gasteiger partial charge is 0.334 e. The van der Waals surface area contributed by atoms with E-state index in [1.165, 1.54) is 6.08 Å². The summed E-state index contributed by atoms with van der Waals surface area (Å²) in [5.74, 6) is -0.480. The van der Waals surface area contributed by atoms with E-state index in [1.54, 1.807) is 6.92 Å². The van der Waals surface area contributed by atoms with Crippen molar-refractivity contribution in [2.24, 2.45) is 0 Å². The number of hydrogen-bond acceptors (Lipinski definition) is 3. The Balaban J connectivity index is 1.96. The van der Waals surface area contributed by atoms with E-state index in [9.17, 15) is 9.59 Å². The molecule has 1 atom stereocenters. The van der Waals surface area contributed by atoms with Crippen molar-refractivity contribution in [1.29, 1.82) is 0 Å². The summed E-state index contributed by atoms with van der Waals surface area (Å²) in [6.07, 6.45) is 1.44. The SMILES string of the molecule is CC1=CC(=O)[C@]2(C(=O)O1)C(c1ccccc1)=C(c1ccccc1)c1ccccc12. The molecule has 3 aromatic carbocycles. The molecule has 0 N–H and O–H groups in total. The summed E-state index contributed by atoms with van der Waals surface area (Å²) in [6, 6.07) is 27.2. The van der Waals surface area contributed by atoms with E-state index in [2.05, 4.69) is 0 Å². The molecule has 3 heteroatoms. The van der Waals surface area contributed by atoms with Gasteiger partial charge in [-0.25, -0.2) is 4.79 Å². The summed E-state index contributed by atoms with van der Waals surface area (Å²) in [4.78, 5) is 27.0. The van der Waals surface area contributed by atoms with Gasteiger partial charge in [-0.15, -0.1) is 0 Å². The lowest BCUT2D eigenvalue weighted by molar-refractivity contribution is -0.148. The molecule has 140 valence electrons. The lowest BCUT2D eigenvalue weighted by Crippen LogP contribution is -2.46. The van der Waals surface area contributed by atoms with Crippen molar-refractivity contribution in [3.8, 4) is 0 Å². The highest BCUT2D eigenvalue weighted by Crippen LogP contribution is 2.55. The van der Waals surface area contributed by atoms with Gasteiger partial charge in [0, 0.05) is 6.08 Å². The number of carbonyl (C=O) groups excluding carboxylic acids is 2. The number of esters is 1. The van der Waals surface area contributed by atoms with E-state index in [1.807, 2.05) is 84.9 Å². The summed E-state index contributed by atoms with van der Waals surface area (Å²) < 4.78 is 5.55. The predicted molar refractivity (Wildman–Crippen MR) is 112 cm³/mol. The molecule has 1 heterocycles. The van der Waals surface area contributed by atoms with Crippen LogP contribution < -0.4 is 0 Å². The number of fused-ring (bicyclic) bond motifs is 2. The maximum Gasteiger partial charge on any atom is 0.334 e. The van der Waals surface area contributed by atoms with Crippen molar-refractivity contribution in [2.75, 3.05) is 0 Å². The van der Waals surface area contributed by atoms with E-state index >= 15 is 0 Å². The second-order valence-corrected chi connectivity index (χ2v) is 7.29. The molecule has 5 rings (SSSR count). The molecule has 1 aliphatic heterocycles. The topological polar surface area (TPSA) is 43.4 Å². The Kier molecular flexibility index (Phi) is 3.85. The van der Waals surface area contributed by atoms with E-state index in [0.29, 0.717) is 16.9 Å². The van der Waals surface area contributed by atoms with Gasteiger partial charge in [0.05, 0.1) is 0 Å². The van der Waals surface area contributed by atoms with Crippen molar-refractivity contribution in [1.82, 2.24) is 0 Å². The van der Waals surface area contributed by atoms with Crippen LogP contribution in [-0.4, -0.2) is 11.8 Å². The third kappa shape index (κ3) is 2.37. The summed E-state index contributed by atoms with van der Waals surface area (Å²) in [5.41, 5.74) is 3.44. The number of rotatable bonds is 2. The van der Waals surface area contributed by atoms with Gasteiger partial charge in [0.1, 0.15) is 5.76 Å². The molecular formula is C26H18O3. The molecule has 0 fully saturated rings.